The van der Waals surface area contributed by atoms with E-state index in [0.717, 1.165) is 17.7 Å². The van der Waals surface area contributed by atoms with Crippen LogP contribution in [0.2, 0.25) is 0 Å². The number of hydrogen-bond acceptors (Lipinski definition) is 4. The number of hydrogen-bond donors (Lipinski definition) is 1. The summed E-state index contributed by atoms with van der Waals surface area (Å²) in [6.45, 7) is 0.0977. The van der Waals surface area contributed by atoms with Crippen molar-refractivity contribution >= 4 is 33.5 Å². The zero-order valence-corrected chi connectivity index (χ0v) is 23.1. The molecule has 0 bridgehead atoms. The highest BCUT2D eigenvalue weighted by Gasteiger charge is 2.37. The van der Waals surface area contributed by atoms with Gasteiger partial charge in [0.05, 0.1) is 23.3 Å². The first-order valence-corrected chi connectivity index (χ1v) is 13.8. The van der Waals surface area contributed by atoms with Crippen molar-refractivity contribution in [3.8, 4) is 11.5 Å². The lowest BCUT2D eigenvalue weighted by atomic mass is 9.77. The summed E-state index contributed by atoms with van der Waals surface area (Å²) in [5.41, 5.74) is 6.07. The van der Waals surface area contributed by atoms with Gasteiger partial charge >= 0.3 is 0 Å². The molecule has 1 aliphatic carbocycles. The number of benzene rings is 4. The lowest BCUT2D eigenvalue weighted by Crippen LogP contribution is -2.28. The number of rotatable bonds is 7. The molecule has 0 spiro atoms. The first-order valence-electron chi connectivity index (χ1n) is 13.0. The predicted octanol–water partition coefficient (Wildman–Crippen LogP) is 8.75. The zero-order chi connectivity index (χ0) is 26.8. The van der Waals surface area contributed by atoms with Gasteiger partial charge in [-0.25, -0.2) is 4.39 Å². The van der Waals surface area contributed by atoms with Crippen molar-refractivity contribution in [2.45, 2.75) is 25.0 Å². The van der Waals surface area contributed by atoms with Gasteiger partial charge in [-0.2, -0.15) is 0 Å². The summed E-state index contributed by atoms with van der Waals surface area (Å²) in [4.78, 5) is 4.69. The number of nitrogens with zero attached hydrogens (tertiary/aromatic N) is 1. The summed E-state index contributed by atoms with van der Waals surface area (Å²) >= 11 is 3.57. The van der Waals surface area contributed by atoms with Crippen molar-refractivity contribution < 1.29 is 13.9 Å². The average Bonchev–Trinajstić information content (AvgIpc) is 3.46. The maximum Gasteiger partial charge on any atom is 0.175 e. The maximum atomic E-state index is 14.0. The van der Waals surface area contributed by atoms with Crippen molar-refractivity contribution in [3.05, 3.63) is 130 Å². The van der Waals surface area contributed by atoms with Crippen LogP contribution in [0.1, 0.15) is 40.6 Å². The SMILES string of the molecule is COc1cc(C=Nc2ccc([C@@H]3Nc4ccccc4[C@@H]4C=CC[C@@H]43)cc2)cc(Br)c1OCc1ccccc1F. The highest BCUT2D eigenvalue weighted by molar-refractivity contribution is 9.10. The Kier molecular flexibility index (Phi) is 7.20. The number of fused-ring (bicyclic) bond motifs is 3. The van der Waals surface area contributed by atoms with Gasteiger partial charge in [-0.1, -0.05) is 60.7 Å². The van der Waals surface area contributed by atoms with Crippen LogP contribution in [0.4, 0.5) is 15.8 Å². The molecule has 1 aliphatic heterocycles. The molecule has 4 aromatic carbocycles. The van der Waals surface area contributed by atoms with Gasteiger partial charge in [-0.3, -0.25) is 4.99 Å². The topological polar surface area (TPSA) is 42.8 Å². The molecule has 0 unspecified atom stereocenters. The number of para-hydroxylation sites is 1. The van der Waals surface area contributed by atoms with E-state index in [4.69, 9.17) is 14.5 Å². The van der Waals surface area contributed by atoms with E-state index in [1.54, 1.807) is 31.5 Å². The van der Waals surface area contributed by atoms with E-state index in [9.17, 15) is 4.39 Å². The summed E-state index contributed by atoms with van der Waals surface area (Å²) in [6.07, 6.45) is 7.55. The monoisotopic (exact) mass is 582 g/mol. The molecule has 1 N–H and O–H groups in total. The van der Waals surface area contributed by atoms with Gasteiger partial charge in [0, 0.05) is 23.4 Å². The number of anilines is 1. The van der Waals surface area contributed by atoms with Crippen molar-refractivity contribution in [1.82, 2.24) is 0 Å². The highest BCUT2D eigenvalue weighted by atomic mass is 79.9. The third-order valence-corrected chi connectivity index (χ3v) is 8.06. The fourth-order valence-electron chi connectivity index (χ4n) is 5.51. The quantitative estimate of drug-likeness (QED) is 0.175. The Morgan fingerprint density at radius 1 is 1.03 bits per heavy atom. The van der Waals surface area contributed by atoms with Crippen LogP contribution in [0.25, 0.3) is 0 Å². The first-order chi connectivity index (χ1) is 19.1. The van der Waals surface area contributed by atoms with Gasteiger partial charge < -0.3 is 14.8 Å². The van der Waals surface area contributed by atoms with Crippen molar-refractivity contribution in [2.24, 2.45) is 10.9 Å². The van der Waals surface area contributed by atoms with Gasteiger partial charge in [-0.05, 0) is 81.4 Å². The van der Waals surface area contributed by atoms with Gasteiger partial charge in [0.25, 0.3) is 0 Å². The van der Waals surface area contributed by atoms with Gasteiger partial charge in [0.1, 0.15) is 12.4 Å². The van der Waals surface area contributed by atoms with E-state index in [1.807, 2.05) is 12.1 Å². The number of ether oxygens (including phenoxy) is 2. The van der Waals surface area contributed by atoms with Crippen LogP contribution in [0.15, 0.2) is 107 Å². The Labute approximate surface area is 236 Å². The normalized spacial score (nSPS) is 19.4. The molecule has 0 saturated heterocycles. The van der Waals surface area contributed by atoms with E-state index in [0.29, 0.717) is 33.4 Å². The van der Waals surface area contributed by atoms with E-state index in [2.05, 4.69) is 81.9 Å². The molecule has 4 nitrogen and oxygen atoms in total. The Hall–Kier alpha value is -3.90. The van der Waals surface area contributed by atoms with Crippen molar-refractivity contribution in [1.29, 1.82) is 0 Å². The van der Waals surface area contributed by atoms with Crippen LogP contribution in [-0.4, -0.2) is 13.3 Å². The number of aliphatic imine (C=N–C) groups is 1. The summed E-state index contributed by atoms with van der Waals surface area (Å²) in [5, 5.41) is 3.78. The van der Waals surface area contributed by atoms with E-state index >= 15 is 0 Å². The van der Waals surface area contributed by atoms with Crippen LogP contribution < -0.4 is 14.8 Å². The Morgan fingerprint density at radius 2 is 1.82 bits per heavy atom. The molecule has 196 valence electrons. The van der Waals surface area contributed by atoms with Crippen LogP contribution in [0, 0.1) is 11.7 Å². The number of allylic oxidation sites excluding steroid dienone is 2. The maximum absolute atomic E-state index is 14.0. The van der Waals surface area contributed by atoms with E-state index < -0.39 is 0 Å². The van der Waals surface area contributed by atoms with E-state index in [-0.39, 0.29) is 18.5 Å². The molecule has 0 aromatic heterocycles. The second kappa shape index (κ2) is 11.1. The smallest absolute Gasteiger partial charge is 0.175 e. The summed E-state index contributed by atoms with van der Waals surface area (Å²) in [6, 6.07) is 27.7. The Bertz CT molecular complexity index is 1550. The molecule has 2 aliphatic rings. The molecule has 6 rings (SSSR count). The van der Waals surface area contributed by atoms with Crippen LogP contribution in [-0.2, 0) is 6.61 Å². The summed E-state index contributed by atoms with van der Waals surface area (Å²) < 4.78 is 26.2. The molecule has 3 atom stereocenters. The molecule has 0 radical (unpaired) electrons. The summed E-state index contributed by atoms with van der Waals surface area (Å²) in [5.74, 6) is 1.73. The molecule has 0 fully saturated rings. The minimum absolute atomic E-state index is 0.0977. The lowest BCUT2D eigenvalue weighted by Gasteiger charge is -2.37. The van der Waals surface area contributed by atoms with Crippen LogP contribution in [0.5, 0.6) is 11.5 Å². The molecule has 39 heavy (non-hydrogen) atoms. The molecule has 1 heterocycles. The third-order valence-electron chi connectivity index (χ3n) is 7.47. The minimum atomic E-state index is -0.300. The second-order valence-electron chi connectivity index (χ2n) is 9.83. The number of methoxy groups -OCH3 is 1. The second-order valence-corrected chi connectivity index (χ2v) is 10.7. The first kappa shape index (κ1) is 25.4. The molecule has 4 aromatic rings. The number of halogens is 2. The van der Waals surface area contributed by atoms with Gasteiger partial charge in [-0.15, -0.1) is 0 Å². The van der Waals surface area contributed by atoms with Crippen LogP contribution >= 0.6 is 15.9 Å². The minimum Gasteiger partial charge on any atom is -0.493 e. The number of nitrogens with one attached hydrogen (secondary N) is 1. The largest absolute Gasteiger partial charge is 0.493 e. The predicted molar refractivity (Wildman–Crippen MR) is 158 cm³/mol. The molecular formula is C33H28BrFN2O2. The lowest BCUT2D eigenvalue weighted by molar-refractivity contribution is 0.278. The Morgan fingerprint density at radius 3 is 2.64 bits per heavy atom. The Balaban J connectivity index is 1.17. The standard InChI is InChI=1S/C33H28BrFN2O2/c1-38-31-18-21(17-28(34)33(31)39-20-23-7-2-4-11-29(23)35)19-36-24-15-13-22(14-16-24)32-27-10-6-9-25(27)26-8-3-5-12-30(26)37-32/h2-9,11-19,25,27,32,37H,10,20H2,1H3/t25-,27-,32-/m0/s1. The van der Waals surface area contributed by atoms with Crippen molar-refractivity contribution in [3.63, 3.8) is 0 Å². The highest BCUT2D eigenvalue weighted by Crippen LogP contribution is 2.49. The van der Waals surface area contributed by atoms with Crippen molar-refractivity contribution in [2.75, 3.05) is 12.4 Å². The fourth-order valence-corrected chi connectivity index (χ4v) is 6.08. The molecule has 0 amide bonds. The fraction of sp³-hybridized carbons (Fsp3) is 0.182. The summed E-state index contributed by atoms with van der Waals surface area (Å²) in [7, 11) is 1.58. The molecule has 0 saturated carbocycles. The molecule has 6 heteroatoms. The zero-order valence-electron chi connectivity index (χ0n) is 21.5. The van der Waals surface area contributed by atoms with Gasteiger partial charge in [0.15, 0.2) is 11.5 Å². The third kappa shape index (κ3) is 5.21. The van der Waals surface area contributed by atoms with E-state index in [1.165, 1.54) is 22.9 Å². The van der Waals surface area contributed by atoms with Gasteiger partial charge in [0.2, 0.25) is 0 Å². The van der Waals surface area contributed by atoms with Crippen LogP contribution in [0.3, 0.4) is 0 Å². The average molecular weight is 584 g/mol. The molecular weight excluding hydrogens is 555 g/mol.